The molecule has 0 bridgehead atoms. The predicted molar refractivity (Wildman–Crippen MR) is 128 cm³/mol. The van der Waals surface area contributed by atoms with Crippen molar-refractivity contribution in [3.8, 4) is 5.75 Å². The van der Waals surface area contributed by atoms with E-state index in [1.54, 1.807) is 18.2 Å². The molecule has 0 radical (unpaired) electrons. The van der Waals surface area contributed by atoms with E-state index in [1.807, 2.05) is 39.0 Å². The molecule has 6 nitrogen and oxygen atoms in total. The number of nitrogens with one attached hydrogen (secondary N) is 2. The maximum atomic E-state index is 12.7. The number of hydrogen-bond acceptors (Lipinski definition) is 4. The van der Waals surface area contributed by atoms with E-state index < -0.39 is 16.1 Å². The molecule has 3 rings (SSSR count). The number of anilines is 2. The van der Waals surface area contributed by atoms with Gasteiger partial charge in [0.15, 0.2) is 6.10 Å². The molecule has 0 aliphatic heterocycles. The molecule has 3 aromatic rings. The third-order valence-electron chi connectivity index (χ3n) is 4.93. The zero-order valence-electron chi connectivity index (χ0n) is 18.1. The van der Waals surface area contributed by atoms with Gasteiger partial charge < -0.3 is 10.1 Å². The Labute approximate surface area is 193 Å². The number of hydrogen-bond donors (Lipinski definition) is 2. The van der Waals surface area contributed by atoms with Crippen molar-refractivity contribution in [2.75, 3.05) is 10.0 Å². The van der Waals surface area contributed by atoms with Gasteiger partial charge in [-0.25, -0.2) is 8.42 Å². The average Bonchev–Trinajstić information content (AvgIpc) is 2.74. The molecule has 0 saturated heterocycles. The predicted octanol–water partition coefficient (Wildman–Crippen LogP) is 5.55. The Morgan fingerprint density at radius 3 is 2.31 bits per heavy atom. The summed E-state index contributed by atoms with van der Waals surface area (Å²) >= 11 is 5.91. The van der Waals surface area contributed by atoms with Crippen molar-refractivity contribution in [3.05, 3.63) is 82.9 Å². The molecule has 8 heteroatoms. The van der Waals surface area contributed by atoms with Crippen LogP contribution in [0.5, 0.6) is 5.75 Å². The summed E-state index contributed by atoms with van der Waals surface area (Å²) in [6.07, 6.45) is -0.195. The second kappa shape index (κ2) is 10.1. The molecule has 0 aliphatic rings. The number of rotatable bonds is 8. The third kappa shape index (κ3) is 6.02. The fourth-order valence-corrected chi connectivity index (χ4v) is 4.22. The normalized spacial score (nSPS) is 12.1. The molecule has 2 N–H and O–H groups in total. The van der Waals surface area contributed by atoms with Gasteiger partial charge in [0, 0.05) is 10.7 Å². The molecule has 32 heavy (non-hydrogen) atoms. The quantitative estimate of drug-likeness (QED) is 0.450. The highest BCUT2D eigenvalue weighted by molar-refractivity contribution is 7.92. The number of carbonyl (C=O) groups is 1. The largest absolute Gasteiger partial charge is 0.481 e. The molecular weight excluding hydrogens is 448 g/mol. The first kappa shape index (κ1) is 23.6. The summed E-state index contributed by atoms with van der Waals surface area (Å²) < 4.78 is 33.5. The van der Waals surface area contributed by atoms with Crippen LogP contribution < -0.4 is 14.8 Å². The van der Waals surface area contributed by atoms with Crippen molar-refractivity contribution < 1.29 is 17.9 Å². The van der Waals surface area contributed by atoms with Crippen LogP contribution in [0.3, 0.4) is 0 Å². The van der Waals surface area contributed by atoms with Gasteiger partial charge >= 0.3 is 0 Å². The molecule has 1 atom stereocenters. The van der Waals surface area contributed by atoms with Crippen LogP contribution in [0.15, 0.2) is 71.6 Å². The molecule has 0 saturated carbocycles. The van der Waals surface area contributed by atoms with Crippen LogP contribution in [0.1, 0.15) is 24.5 Å². The van der Waals surface area contributed by atoms with E-state index in [4.69, 9.17) is 16.3 Å². The molecule has 0 aromatic heterocycles. The van der Waals surface area contributed by atoms with E-state index in [9.17, 15) is 13.2 Å². The standard InChI is InChI=1S/C24H25ClN2O4S/c1-4-23(31-21-11-8-16(2)17(3)14-21)24(28)26-19-9-12-22(13-10-19)32(29,30)27-20-7-5-6-18(25)15-20/h5-15,23,27H,4H2,1-3H3,(H,26,28)/t23-/m0/s1. The van der Waals surface area contributed by atoms with Crippen LogP contribution in [0, 0.1) is 13.8 Å². The van der Waals surface area contributed by atoms with Crippen LogP contribution in [0.2, 0.25) is 5.02 Å². The topological polar surface area (TPSA) is 84.5 Å². The molecule has 1 amide bonds. The SMILES string of the molecule is CC[C@H](Oc1ccc(C)c(C)c1)C(=O)Nc1ccc(S(=O)(=O)Nc2cccc(Cl)c2)cc1. The molecule has 3 aromatic carbocycles. The first-order valence-electron chi connectivity index (χ1n) is 10.1. The van der Waals surface area contributed by atoms with Gasteiger partial charge in [-0.15, -0.1) is 0 Å². The third-order valence-corrected chi connectivity index (χ3v) is 6.56. The van der Waals surface area contributed by atoms with Crippen LogP contribution >= 0.6 is 11.6 Å². The molecule has 0 unspecified atom stereocenters. The second-order valence-electron chi connectivity index (χ2n) is 7.39. The van der Waals surface area contributed by atoms with Crippen LogP contribution in [0.4, 0.5) is 11.4 Å². The highest BCUT2D eigenvalue weighted by Gasteiger charge is 2.20. The maximum Gasteiger partial charge on any atom is 0.265 e. The van der Waals surface area contributed by atoms with Crippen molar-refractivity contribution in [2.45, 2.75) is 38.2 Å². The fraction of sp³-hybridized carbons (Fsp3) is 0.208. The summed E-state index contributed by atoms with van der Waals surface area (Å²) in [4.78, 5) is 12.7. The summed E-state index contributed by atoms with van der Waals surface area (Å²) in [5.41, 5.74) is 3.07. The molecule has 168 valence electrons. The monoisotopic (exact) mass is 472 g/mol. The lowest BCUT2D eigenvalue weighted by molar-refractivity contribution is -0.122. The molecule has 0 aliphatic carbocycles. The Morgan fingerprint density at radius 2 is 1.69 bits per heavy atom. The van der Waals surface area contributed by atoms with Gasteiger partial charge in [0.2, 0.25) is 0 Å². The lowest BCUT2D eigenvalue weighted by atomic mass is 10.1. The van der Waals surface area contributed by atoms with Crippen molar-refractivity contribution in [1.29, 1.82) is 0 Å². The van der Waals surface area contributed by atoms with Crippen molar-refractivity contribution >= 4 is 38.9 Å². The Morgan fingerprint density at radius 1 is 0.969 bits per heavy atom. The van der Waals surface area contributed by atoms with E-state index in [0.717, 1.165) is 11.1 Å². The van der Waals surface area contributed by atoms with Gasteiger partial charge in [0.1, 0.15) is 5.75 Å². The smallest absolute Gasteiger partial charge is 0.265 e. The first-order chi connectivity index (χ1) is 15.2. The summed E-state index contributed by atoms with van der Waals surface area (Å²) in [5.74, 6) is 0.321. The Kier molecular flexibility index (Phi) is 7.43. The summed E-state index contributed by atoms with van der Waals surface area (Å²) in [5, 5.41) is 3.21. The fourth-order valence-electron chi connectivity index (χ4n) is 2.98. The zero-order chi connectivity index (χ0) is 23.3. The van der Waals surface area contributed by atoms with E-state index in [-0.39, 0.29) is 10.8 Å². The van der Waals surface area contributed by atoms with Gasteiger partial charge in [-0.2, -0.15) is 0 Å². The summed E-state index contributed by atoms with van der Waals surface area (Å²) in [6, 6.07) is 18.1. The Balaban J connectivity index is 1.67. The highest BCUT2D eigenvalue weighted by Crippen LogP contribution is 2.22. The number of ether oxygens (including phenoxy) is 1. The average molecular weight is 473 g/mol. The van der Waals surface area contributed by atoms with Gasteiger partial charge in [-0.05, 0) is 86.0 Å². The lowest BCUT2D eigenvalue weighted by Crippen LogP contribution is -2.32. The maximum absolute atomic E-state index is 12.7. The van der Waals surface area contributed by atoms with Crippen molar-refractivity contribution in [3.63, 3.8) is 0 Å². The number of benzene rings is 3. The summed E-state index contributed by atoms with van der Waals surface area (Å²) in [6.45, 7) is 5.86. The van der Waals surface area contributed by atoms with Gasteiger partial charge in [-0.3, -0.25) is 9.52 Å². The van der Waals surface area contributed by atoms with Gasteiger partial charge in [0.25, 0.3) is 15.9 Å². The van der Waals surface area contributed by atoms with E-state index in [2.05, 4.69) is 10.0 Å². The molecule has 0 spiro atoms. The minimum absolute atomic E-state index is 0.0638. The van der Waals surface area contributed by atoms with Crippen LogP contribution in [-0.4, -0.2) is 20.4 Å². The summed E-state index contributed by atoms with van der Waals surface area (Å²) in [7, 11) is -3.79. The Hall–Kier alpha value is -3.03. The first-order valence-corrected chi connectivity index (χ1v) is 12.0. The van der Waals surface area contributed by atoms with Crippen molar-refractivity contribution in [2.24, 2.45) is 0 Å². The minimum atomic E-state index is -3.79. The number of carbonyl (C=O) groups excluding carboxylic acids is 1. The Bertz CT molecular complexity index is 1210. The lowest BCUT2D eigenvalue weighted by Gasteiger charge is -2.18. The van der Waals surface area contributed by atoms with Gasteiger partial charge in [-0.1, -0.05) is 30.7 Å². The molecule has 0 fully saturated rings. The van der Waals surface area contributed by atoms with Gasteiger partial charge in [0.05, 0.1) is 10.6 Å². The highest BCUT2D eigenvalue weighted by atomic mass is 35.5. The number of aryl methyl sites for hydroxylation is 2. The van der Waals surface area contributed by atoms with Crippen LogP contribution in [-0.2, 0) is 14.8 Å². The van der Waals surface area contributed by atoms with E-state index in [1.165, 1.54) is 30.3 Å². The number of sulfonamides is 1. The van der Waals surface area contributed by atoms with Crippen molar-refractivity contribution in [1.82, 2.24) is 0 Å². The van der Waals surface area contributed by atoms with E-state index in [0.29, 0.717) is 28.6 Å². The van der Waals surface area contributed by atoms with E-state index >= 15 is 0 Å². The van der Waals surface area contributed by atoms with Crippen LogP contribution in [0.25, 0.3) is 0 Å². The molecule has 0 heterocycles. The second-order valence-corrected chi connectivity index (χ2v) is 9.51. The minimum Gasteiger partial charge on any atom is -0.481 e. The zero-order valence-corrected chi connectivity index (χ0v) is 19.6. The number of amides is 1. The number of halogens is 1. The molecular formula is C24H25ClN2O4S.